The van der Waals surface area contributed by atoms with Crippen LogP contribution in [0.25, 0.3) is 0 Å². The largest absolute Gasteiger partial charge is 0.366 e. The van der Waals surface area contributed by atoms with E-state index in [2.05, 4.69) is 0 Å². The molecule has 0 unspecified atom stereocenters. The number of aryl methyl sites for hydroxylation is 1. The molecule has 0 saturated carbocycles. The number of carbonyl (C=O) groups excluding carboxylic acids is 1. The molecule has 9 heteroatoms. The van der Waals surface area contributed by atoms with Crippen LogP contribution in [-0.2, 0) is 16.3 Å². The zero-order chi connectivity index (χ0) is 21.5. The number of nitro groups is 1. The van der Waals surface area contributed by atoms with Gasteiger partial charge in [-0.15, -0.1) is 0 Å². The predicted molar refractivity (Wildman–Crippen MR) is 114 cm³/mol. The average Bonchev–Trinajstić information content (AvgIpc) is 3.26. The molecule has 1 saturated heterocycles. The lowest BCUT2D eigenvalue weighted by molar-refractivity contribution is -0.384. The monoisotopic (exact) mass is 429 g/mol. The highest BCUT2D eigenvalue weighted by atomic mass is 32.2. The van der Waals surface area contributed by atoms with E-state index < -0.39 is 14.8 Å². The molecular formula is C21H23N3O5S. The fourth-order valence-electron chi connectivity index (χ4n) is 4.20. The van der Waals surface area contributed by atoms with Crippen LogP contribution >= 0.6 is 0 Å². The van der Waals surface area contributed by atoms with Crippen LogP contribution in [0.2, 0.25) is 0 Å². The molecule has 30 heavy (non-hydrogen) atoms. The molecule has 0 bridgehead atoms. The van der Waals surface area contributed by atoms with Crippen LogP contribution < -0.4 is 9.80 Å². The van der Waals surface area contributed by atoms with Gasteiger partial charge in [0.1, 0.15) is 5.69 Å². The Bertz CT molecular complexity index is 1120. The summed E-state index contributed by atoms with van der Waals surface area (Å²) in [6, 6.07) is 9.42. The fraction of sp³-hybridized carbons (Fsp3) is 0.381. The number of nitro benzene ring substituents is 1. The number of fused-ring (bicyclic) bond motifs is 1. The number of anilines is 2. The van der Waals surface area contributed by atoms with Crippen LogP contribution in [0.5, 0.6) is 0 Å². The summed E-state index contributed by atoms with van der Waals surface area (Å²) in [5.41, 5.74) is 2.19. The van der Waals surface area contributed by atoms with Gasteiger partial charge < -0.3 is 9.80 Å². The SMILES string of the molecule is CS(=O)(=O)c1ccc2c(c1)CCCN2C(=O)c1ccc(N2CCCC2)c([N+](=O)[O-])c1. The Morgan fingerprint density at radius 1 is 1.00 bits per heavy atom. The normalized spacial score (nSPS) is 16.4. The molecule has 158 valence electrons. The van der Waals surface area contributed by atoms with Gasteiger partial charge >= 0.3 is 0 Å². The van der Waals surface area contributed by atoms with Crippen LogP contribution in [0.3, 0.4) is 0 Å². The first kappa shape index (κ1) is 20.3. The predicted octanol–water partition coefficient (Wildman–Crippen LogP) is 3.19. The van der Waals surface area contributed by atoms with Crippen LogP contribution in [0, 0.1) is 10.1 Å². The zero-order valence-corrected chi connectivity index (χ0v) is 17.5. The Morgan fingerprint density at radius 3 is 2.37 bits per heavy atom. The van der Waals surface area contributed by atoms with E-state index in [9.17, 15) is 23.3 Å². The topological polar surface area (TPSA) is 101 Å². The summed E-state index contributed by atoms with van der Waals surface area (Å²) in [6.45, 7) is 2.03. The standard InChI is InChI=1S/C21H23N3O5S/c1-30(28,29)17-7-9-18-15(13-17)5-4-12-23(18)21(25)16-6-8-19(20(14-16)24(26)27)22-10-2-3-11-22/h6-9,13-14H,2-5,10-12H2,1H3. The molecule has 2 heterocycles. The molecule has 0 atom stereocenters. The average molecular weight is 429 g/mol. The molecule has 8 nitrogen and oxygen atoms in total. The second kappa shape index (κ2) is 7.71. The van der Waals surface area contributed by atoms with E-state index in [4.69, 9.17) is 0 Å². The minimum absolute atomic E-state index is 0.0626. The molecule has 1 amide bonds. The fourth-order valence-corrected chi connectivity index (χ4v) is 4.87. The highest BCUT2D eigenvalue weighted by molar-refractivity contribution is 7.90. The van der Waals surface area contributed by atoms with Gasteiger partial charge in [0.15, 0.2) is 9.84 Å². The van der Waals surface area contributed by atoms with Gasteiger partial charge in [0.25, 0.3) is 11.6 Å². The van der Waals surface area contributed by atoms with Crippen molar-refractivity contribution in [2.24, 2.45) is 0 Å². The van der Waals surface area contributed by atoms with Gasteiger partial charge in [-0.2, -0.15) is 0 Å². The van der Waals surface area contributed by atoms with E-state index in [1.807, 2.05) is 4.90 Å². The quantitative estimate of drug-likeness (QED) is 0.546. The molecule has 1 fully saturated rings. The number of carbonyl (C=O) groups is 1. The first-order valence-electron chi connectivity index (χ1n) is 9.94. The summed E-state index contributed by atoms with van der Waals surface area (Å²) >= 11 is 0. The van der Waals surface area contributed by atoms with Crippen molar-refractivity contribution < 1.29 is 18.1 Å². The molecule has 0 aliphatic carbocycles. The lowest BCUT2D eigenvalue weighted by Crippen LogP contribution is -2.35. The van der Waals surface area contributed by atoms with Gasteiger partial charge in [-0.1, -0.05) is 0 Å². The lowest BCUT2D eigenvalue weighted by atomic mass is 10.0. The third kappa shape index (κ3) is 3.77. The summed E-state index contributed by atoms with van der Waals surface area (Å²) in [7, 11) is -3.34. The Balaban J connectivity index is 1.69. The second-order valence-electron chi connectivity index (χ2n) is 7.78. The summed E-state index contributed by atoms with van der Waals surface area (Å²) < 4.78 is 23.7. The molecule has 0 spiro atoms. The Morgan fingerprint density at radius 2 is 1.70 bits per heavy atom. The Labute approximate surface area is 175 Å². The third-order valence-corrected chi connectivity index (χ3v) is 6.82. The highest BCUT2D eigenvalue weighted by Gasteiger charge is 2.28. The molecule has 0 N–H and O–H groups in total. The second-order valence-corrected chi connectivity index (χ2v) is 9.79. The van der Waals surface area contributed by atoms with E-state index in [0.29, 0.717) is 30.8 Å². The summed E-state index contributed by atoms with van der Waals surface area (Å²) in [6.07, 6.45) is 4.52. The Kier molecular flexibility index (Phi) is 5.23. The molecule has 4 rings (SSSR count). The molecular weight excluding hydrogens is 406 g/mol. The van der Waals surface area contributed by atoms with E-state index in [-0.39, 0.29) is 22.1 Å². The van der Waals surface area contributed by atoms with Gasteiger partial charge in [-0.3, -0.25) is 14.9 Å². The van der Waals surface area contributed by atoms with Gasteiger partial charge in [0.05, 0.1) is 9.82 Å². The van der Waals surface area contributed by atoms with Gasteiger partial charge in [0, 0.05) is 43.2 Å². The Hall–Kier alpha value is -2.94. The molecule has 0 aromatic heterocycles. The number of nitrogens with zero attached hydrogens (tertiary/aromatic N) is 3. The molecule has 0 radical (unpaired) electrons. The van der Waals surface area contributed by atoms with E-state index >= 15 is 0 Å². The zero-order valence-electron chi connectivity index (χ0n) is 16.7. The van der Waals surface area contributed by atoms with Crippen molar-refractivity contribution in [3.8, 4) is 0 Å². The van der Waals surface area contributed by atoms with E-state index in [1.54, 1.807) is 29.2 Å². The summed E-state index contributed by atoms with van der Waals surface area (Å²) in [5, 5.41) is 11.7. The van der Waals surface area contributed by atoms with Crippen molar-refractivity contribution in [3.63, 3.8) is 0 Å². The maximum atomic E-state index is 13.2. The van der Waals surface area contributed by atoms with Crippen LogP contribution in [0.4, 0.5) is 17.1 Å². The first-order valence-corrected chi connectivity index (χ1v) is 11.8. The number of benzene rings is 2. The van der Waals surface area contributed by atoms with Crippen LogP contribution in [0.1, 0.15) is 35.2 Å². The van der Waals surface area contributed by atoms with Crippen LogP contribution in [-0.4, -0.2) is 45.1 Å². The number of rotatable bonds is 4. The van der Waals surface area contributed by atoms with E-state index in [0.717, 1.165) is 37.8 Å². The van der Waals surface area contributed by atoms with Crippen molar-refractivity contribution in [2.45, 2.75) is 30.6 Å². The van der Waals surface area contributed by atoms with Crippen molar-refractivity contribution in [1.29, 1.82) is 0 Å². The molecule has 2 aromatic rings. The summed E-state index contributed by atoms with van der Waals surface area (Å²) in [5.74, 6) is -0.320. The van der Waals surface area contributed by atoms with Crippen molar-refractivity contribution in [1.82, 2.24) is 0 Å². The number of amides is 1. The molecule has 2 aliphatic rings. The van der Waals surface area contributed by atoms with Gasteiger partial charge in [0.2, 0.25) is 0 Å². The number of hydrogen-bond donors (Lipinski definition) is 0. The third-order valence-electron chi connectivity index (χ3n) is 5.71. The van der Waals surface area contributed by atoms with Crippen molar-refractivity contribution in [2.75, 3.05) is 35.7 Å². The smallest absolute Gasteiger partial charge is 0.293 e. The van der Waals surface area contributed by atoms with Crippen LogP contribution in [0.15, 0.2) is 41.3 Å². The van der Waals surface area contributed by atoms with Gasteiger partial charge in [-0.25, -0.2) is 8.42 Å². The van der Waals surface area contributed by atoms with E-state index in [1.165, 1.54) is 12.1 Å². The molecule has 2 aromatic carbocycles. The van der Waals surface area contributed by atoms with Gasteiger partial charge in [-0.05, 0) is 61.6 Å². The van der Waals surface area contributed by atoms with Crippen molar-refractivity contribution in [3.05, 3.63) is 57.6 Å². The maximum Gasteiger partial charge on any atom is 0.293 e. The minimum Gasteiger partial charge on any atom is -0.366 e. The number of hydrogen-bond acceptors (Lipinski definition) is 6. The lowest BCUT2D eigenvalue weighted by Gasteiger charge is -2.30. The highest BCUT2D eigenvalue weighted by Crippen LogP contribution is 2.34. The summed E-state index contributed by atoms with van der Waals surface area (Å²) in [4.78, 5) is 28.2. The minimum atomic E-state index is -3.34. The first-order chi connectivity index (χ1) is 14.3. The van der Waals surface area contributed by atoms with Crippen molar-refractivity contribution >= 4 is 32.8 Å². The molecule has 2 aliphatic heterocycles. The maximum absolute atomic E-state index is 13.2. The number of sulfone groups is 1.